The lowest BCUT2D eigenvalue weighted by Gasteiger charge is -2.14. The Kier molecular flexibility index (Phi) is 15.6. The fraction of sp³-hybridized carbons (Fsp3) is 0.789. The van der Waals surface area contributed by atoms with Crippen LogP contribution in [0.5, 0.6) is 0 Å². The molecular weight excluding hydrogens is 228 g/mol. The standard InChI is InChI=1S/C19H36/c1-4-7-9-11-13-15-17-19(6-3)18-16-14-12-10-8-5-2/h7,9,19H,1-2,4-6,8,10-18H2,3H3/b9-7+. The zero-order valence-corrected chi connectivity index (χ0v) is 13.3. The Morgan fingerprint density at radius 3 is 2.05 bits per heavy atom. The molecule has 0 aliphatic carbocycles. The first-order valence-corrected chi connectivity index (χ1v) is 8.58. The average Bonchev–Trinajstić information content (AvgIpc) is 2.44. The van der Waals surface area contributed by atoms with Crippen molar-refractivity contribution < 1.29 is 0 Å². The summed E-state index contributed by atoms with van der Waals surface area (Å²) in [6, 6.07) is 0. The van der Waals surface area contributed by atoms with E-state index in [1.54, 1.807) is 0 Å². The van der Waals surface area contributed by atoms with E-state index in [4.69, 9.17) is 0 Å². The van der Waals surface area contributed by atoms with Gasteiger partial charge in [-0.3, -0.25) is 0 Å². The lowest BCUT2D eigenvalue weighted by Crippen LogP contribution is -1.99. The number of unbranched alkanes of at least 4 members (excludes halogenated alkanes) is 7. The van der Waals surface area contributed by atoms with Crippen molar-refractivity contribution in [3.8, 4) is 0 Å². The molecule has 0 nitrogen and oxygen atoms in total. The van der Waals surface area contributed by atoms with Crippen molar-refractivity contribution in [3.63, 3.8) is 0 Å². The van der Waals surface area contributed by atoms with Crippen LogP contribution in [-0.4, -0.2) is 0 Å². The van der Waals surface area contributed by atoms with Crippen molar-refractivity contribution in [1.82, 2.24) is 0 Å². The first-order valence-electron chi connectivity index (χ1n) is 8.58. The lowest BCUT2D eigenvalue weighted by atomic mass is 9.92. The summed E-state index contributed by atoms with van der Waals surface area (Å²) in [6.07, 6.45) is 21.8. The topological polar surface area (TPSA) is 0 Å². The quantitative estimate of drug-likeness (QED) is 0.236. The summed E-state index contributed by atoms with van der Waals surface area (Å²) >= 11 is 0. The second-order valence-corrected chi connectivity index (χ2v) is 5.73. The molecule has 0 heterocycles. The molecule has 2 radical (unpaired) electrons. The van der Waals surface area contributed by atoms with E-state index in [0.29, 0.717) is 0 Å². The largest absolute Gasteiger partial charge is 0.0885 e. The molecule has 0 fully saturated rings. The third kappa shape index (κ3) is 14.0. The fourth-order valence-corrected chi connectivity index (χ4v) is 2.62. The molecule has 0 saturated heterocycles. The van der Waals surface area contributed by atoms with Crippen molar-refractivity contribution in [2.45, 2.75) is 90.4 Å². The Morgan fingerprint density at radius 1 is 0.789 bits per heavy atom. The molecule has 0 aromatic rings. The van der Waals surface area contributed by atoms with E-state index < -0.39 is 0 Å². The Hall–Kier alpha value is -0.260. The highest BCUT2D eigenvalue weighted by atomic mass is 14.1. The van der Waals surface area contributed by atoms with E-state index in [-0.39, 0.29) is 0 Å². The second kappa shape index (κ2) is 15.8. The molecule has 19 heavy (non-hydrogen) atoms. The van der Waals surface area contributed by atoms with Gasteiger partial charge in [0.05, 0.1) is 0 Å². The summed E-state index contributed by atoms with van der Waals surface area (Å²) in [7, 11) is 0. The minimum absolute atomic E-state index is 0.936. The minimum Gasteiger partial charge on any atom is -0.0885 e. The van der Waals surface area contributed by atoms with Gasteiger partial charge in [-0.2, -0.15) is 0 Å². The van der Waals surface area contributed by atoms with Crippen molar-refractivity contribution in [2.75, 3.05) is 0 Å². The van der Waals surface area contributed by atoms with Gasteiger partial charge in [-0.1, -0.05) is 90.2 Å². The van der Waals surface area contributed by atoms with Crippen molar-refractivity contribution in [3.05, 3.63) is 26.0 Å². The van der Waals surface area contributed by atoms with Crippen LogP contribution in [0.25, 0.3) is 0 Å². The molecule has 1 atom stereocenters. The van der Waals surface area contributed by atoms with E-state index in [9.17, 15) is 0 Å². The molecule has 0 amide bonds. The lowest BCUT2D eigenvalue weighted by molar-refractivity contribution is 0.397. The van der Waals surface area contributed by atoms with Crippen molar-refractivity contribution in [1.29, 1.82) is 0 Å². The van der Waals surface area contributed by atoms with Crippen LogP contribution in [0.2, 0.25) is 0 Å². The van der Waals surface area contributed by atoms with Crippen LogP contribution in [-0.2, 0) is 0 Å². The zero-order valence-electron chi connectivity index (χ0n) is 13.3. The first kappa shape index (κ1) is 18.7. The highest BCUT2D eigenvalue weighted by molar-refractivity contribution is 4.81. The second-order valence-electron chi connectivity index (χ2n) is 5.73. The maximum Gasteiger partial charge on any atom is -0.0351 e. The third-order valence-electron chi connectivity index (χ3n) is 4.01. The van der Waals surface area contributed by atoms with Crippen LogP contribution < -0.4 is 0 Å². The number of rotatable bonds is 14. The summed E-state index contributed by atoms with van der Waals surface area (Å²) in [5.74, 6) is 0.977. The summed E-state index contributed by atoms with van der Waals surface area (Å²) in [4.78, 5) is 0. The molecule has 0 heteroatoms. The predicted octanol–water partition coefficient (Wildman–Crippen LogP) is 6.92. The average molecular weight is 264 g/mol. The minimum atomic E-state index is 0.936. The van der Waals surface area contributed by atoms with Gasteiger partial charge in [0, 0.05) is 0 Å². The smallest absolute Gasteiger partial charge is 0.0351 e. The Bertz CT molecular complexity index is 180. The van der Waals surface area contributed by atoms with Crippen molar-refractivity contribution in [2.24, 2.45) is 5.92 Å². The van der Waals surface area contributed by atoms with Crippen LogP contribution in [0.1, 0.15) is 90.4 Å². The first-order chi connectivity index (χ1) is 9.35. The van der Waals surface area contributed by atoms with Gasteiger partial charge in [0.25, 0.3) is 0 Å². The van der Waals surface area contributed by atoms with E-state index in [0.717, 1.165) is 18.8 Å². The third-order valence-corrected chi connectivity index (χ3v) is 4.01. The molecule has 112 valence electrons. The summed E-state index contributed by atoms with van der Waals surface area (Å²) in [5, 5.41) is 0. The number of hydrogen-bond acceptors (Lipinski definition) is 0. The van der Waals surface area contributed by atoms with Gasteiger partial charge in [0.2, 0.25) is 0 Å². The number of hydrogen-bond donors (Lipinski definition) is 0. The molecule has 0 N–H and O–H groups in total. The Labute approximate surface area is 123 Å². The van der Waals surface area contributed by atoms with Crippen molar-refractivity contribution >= 4 is 0 Å². The molecule has 0 aromatic heterocycles. The maximum absolute atomic E-state index is 3.90. The molecule has 0 saturated carbocycles. The van der Waals surface area contributed by atoms with Crippen LogP contribution >= 0.6 is 0 Å². The van der Waals surface area contributed by atoms with E-state index in [1.165, 1.54) is 70.6 Å². The van der Waals surface area contributed by atoms with Crippen LogP contribution in [0.15, 0.2) is 12.2 Å². The van der Waals surface area contributed by atoms with Gasteiger partial charge in [-0.25, -0.2) is 0 Å². The van der Waals surface area contributed by atoms with E-state index in [1.807, 2.05) is 0 Å². The summed E-state index contributed by atoms with van der Waals surface area (Å²) < 4.78 is 0. The van der Waals surface area contributed by atoms with Crippen LogP contribution in [0, 0.1) is 19.8 Å². The highest BCUT2D eigenvalue weighted by Gasteiger charge is 2.05. The Balaban J connectivity index is 3.37. The molecular formula is C19H36. The SMILES string of the molecule is [CH2]C/C=C/CCCCC(CC)CCCCCCC[CH2]. The molecule has 0 spiro atoms. The van der Waals surface area contributed by atoms with Crippen LogP contribution in [0.3, 0.4) is 0 Å². The van der Waals surface area contributed by atoms with Gasteiger partial charge in [-0.15, -0.1) is 0 Å². The van der Waals surface area contributed by atoms with Gasteiger partial charge < -0.3 is 0 Å². The molecule has 0 aromatic carbocycles. The van der Waals surface area contributed by atoms with Crippen LogP contribution in [0.4, 0.5) is 0 Å². The summed E-state index contributed by atoms with van der Waals surface area (Å²) in [6.45, 7) is 10.1. The summed E-state index contributed by atoms with van der Waals surface area (Å²) in [5.41, 5.74) is 0. The molecule has 0 aliphatic heterocycles. The predicted molar refractivity (Wildman–Crippen MR) is 89.0 cm³/mol. The van der Waals surface area contributed by atoms with Gasteiger partial charge in [0.1, 0.15) is 0 Å². The molecule has 0 rings (SSSR count). The maximum atomic E-state index is 3.90. The normalized spacial score (nSPS) is 13.2. The van der Waals surface area contributed by atoms with Gasteiger partial charge in [-0.05, 0) is 32.1 Å². The highest BCUT2D eigenvalue weighted by Crippen LogP contribution is 2.21. The van der Waals surface area contributed by atoms with Gasteiger partial charge >= 0.3 is 0 Å². The zero-order chi connectivity index (χ0) is 14.2. The molecule has 1 unspecified atom stereocenters. The van der Waals surface area contributed by atoms with E-state index >= 15 is 0 Å². The number of allylic oxidation sites excluding steroid dienone is 2. The Morgan fingerprint density at radius 2 is 1.42 bits per heavy atom. The fourth-order valence-electron chi connectivity index (χ4n) is 2.62. The van der Waals surface area contributed by atoms with Gasteiger partial charge in [0.15, 0.2) is 0 Å². The molecule has 0 bridgehead atoms. The molecule has 0 aliphatic rings. The van der Waals surface area contributed by atoms with E-state index in [2.05, 4.69) is 32.9 Å². The monoisotopic (exact) mass is 264 g/mol.